The molecule has 0 radical (unpaired) electrons. The molecule has 2 aliphatic heterocycles. The molecule has 0 spiro atoms. The molecule has 170 valence electrons. The summed E-state index contributed by atoms with van der Waals surface area (Å²) >= 11 is 0. The Hall–Kier alpha value is -3.63. The van der Waals surface area contributed by atoms with E-state index >= 15 is 0 Å². The van der Waals surface area contributed by atoms with Gasteiger partial charge < -0.3 is 9.47 Å². The first-order chi connectivity index (χ1) is 16.7. The second-order valence-corrected chi connectivity index (χ2v) is 9.20. The Morgan fingerprint density at radius 2 is 1.74 bits per heavy atom. The average molecular weight is 450 g/mol. The smallest absolute Gasteiger partial charge is 0.410 e. The number of hydrogen-bond donors (Lipinski definition) is 0. The molecule has 0 aromatic heterocycles. The van der Waals surface area contributed by atoms with E-state index in [4.69, 9.17) is 9.47 Å². The molecule has 4 heteroatoms. The fraction of sp³-hybridized carbons (Fsp3) is 0.233. The second kappa shape index (κ2) is 8.62. The summed E-state index contributed by atoms with van der Waals surface area (Å²) < 4.78 is 11.8. The van der Waals surface area contributed by atoms with Crippen molar-refractivity contribution in [2.45, 2.75) is 24.4 Å². The van der Waals surface area contributed by atoms with Crippen LogP contribution in [0.4, 0.5) is 4.79 Å². The Kier molecular flexibility index (Phi) is 5.31. The lowest BCUT2D eigenvalue weighted by atomic mass is 9.89. The summed E-state index contributed by atoms with van der Waals surface area (Å²) in [5.74, 6) is 0.0602. The first-order valence-corrected chi connectivity index (χ1v) is 11.9. The molecule has 2 unspecified atom stereocenters. The van der Waals surface area contributed by atoms with Gasteiger partial charge >= 0.3 is 6.09 Å². The number of carbonyl (C=O) groups is 1. The molecule has 34 heavy (non-hydrogen) atoms. The van der Waals surface area contributed by atoms with E-state index in [-0.39, 0.29) is 24.1 Å². The summed E-state index contributed by atoms with van der Waals surface area (Å²) in [6.07, 6.45) is 4.52. The van der Waals surface area contributed by atoms with Gasteiger partial charge in [0.25, 0.3) is 0 Å². The molecule has 2 bridgehead atoms. The van der Waals surface area contributed by atoms with Crippen molar-refractivity contribution in [2.24, 2.45) is 0 Å². The van der Waals surface area contributed by atoms with Gasteiger partial charge in [-0.25, -0.2) is 4.79 Å². The van der Waals surface area contributed by atoms with Crippen molar-refractivity contribution >= 4 is 17.7 Å². The standard InChI is InChI=1S/C30H27NO3/c1-2-20-8-7-9-21(14-20)22-15-23-17-33-18-24(16-22)31(23)30(32)34-19-29-27-12-5-3-10-25(27)26-11-4-6-13-28(26)29/h2-15,23-24,29H,1,16-19H2. The van der Waals surface area contributed by atoms with Crippen molar-refractivity contribution < 1.29 is 14.3 Å². The molecular weight excluding hydrogens is 422 g/mol. The molecule has 1 fully saturated rings. The quantitative estimate of drug-likeness (QED) is 0.481. The number of amides is 1. The molecule has 4 nitrogen and oxygen atoms in total. The monoisotopic (exact) mass is 449 g/mol. The number of rotatable bonds is 4. The van der Waals surface area contributed by atoms with Crippen LogP contribution >= 0.6 is 0 Å². The van der Waals surface area contributed by atoms with E-state index in [0.29, 0.717) is 19.8 Å². The highest BCUT2D eigenvalue weighted by Gasteiger charge is 2.39. The van der Waals surface area contributed by atoms with Crippen LogP contribution in [0.3, 0.4) is 0 Å². The minimum atomic E-state index is -0.254. The number of hydrogen-bond acceptors (Lipinski definition) is 3. The van der Waals surface area contributed by atoms with Crippen LogP contribution in [0.2, 0.25) is 0 Å². The highest BCUT2D eigenvalue weighted by atomic mass is 16.6. The fourth-order valence-electron chi connectivity index (χ4n) is 5.63. The Morgan fingerprint density at radius 1 is 1.00 bits per heavy atom. The molecule has 2 heterocycles. The summed E-state index contributed by atoms with van der Waals surface area (Å²) in [6.45, 7) is 5.24. The minimum absolute atomic E-state index is 0.0261. The molecule has 0 saturated carbocycles. The van der Waals surface area contributed by atoms with E-state index in [1.807, 2.05) is 17.0 Å². The van der Waals surface area contributed by atoms with Gasteiger partial charge in [0.05, 0.1) is 25.3 Å². The average Bonchev–Trinajstić information content (AvgIpc) is 3.20. The maximum Gasteiger partial charge on any atom is 0.410 e. The van der Waals surface area contributed by atoms with Gasteiger partial charge in [-0.3, -0.25) is 4.90 Å². The first-order valence-electron chi connectivity index (χ1n) is 11.9. The molecule has 3 aromatic carbocycles. The molecule has 0 N–H and O–H groups in total. The third-order valence-electron chi connectivity index (χ3n) is 7.24. The van der Waals surface area contributed by atoms with Crippen molar-refractivity contribution in [3.05, 3.63) is 108 Å². The molecule has 3 aromatic rings. The van der Waals surface area contributed by atoms with E-state index in [1.165, 1.54) is 33.4 Å². The summed E-state index contributed by atoms with van der Waals surface area (Å²) in [5, 5.41) is 0. The molecular formula is C30H27NO3. The fourth-order valence-corrected chi connectivity index (χ4v) is 5.63. The highest BCUT2D eigenvalue weighted by Crippen LogP contribution is 2.44. The molecule has 1 amide bonds. The summed E-state index contributed by atoms with van der Waals surface area (Å²) in [5.41, 5.74) is 8.45. The number of benzene rings is 3. The van der Waals surface area contributed by atoms with Crippen LogP contribution in [0.5, 0.6) is 0 Å². The zero-order valence-corrected chi connectivity index (χ0v) is 19.0. The first kappa shape index (κ1) is 20.9. The van der Waals surface area contributed by atoms with Crippen molar-refractivity contribution in [3.63, 3.8) is 0 Å². The predicted octanol–water partition coefficient (Wildman–Crippen LogP) is 6.14. The molecule has 2 atom stereocenters. The Bertz CT molecular complexity index is 1250. The molecule has 1 aliphatic carbocycles. The van der Waals surface area contributed by atoms with Gasteiger partial charge in [-0.1, -0.05) is 85.5 Å². The van der Waals surface area contributed by atoms with Crippen LogP contribution in [0.25, 0.3) is 22.8 Å². The Balaban J connectivity index is 1.22. The highest BCUT2D eigenvalue weighted by molar-refractivity contribution is 5.79. The van der Waals surface area contributed by atoms with E-state index in [0.717, 1.165) is 12.0 Å². The van der Waals surface area contributed by atoms with Gasteiger partial charge in [-0.15, -0.1) is 0 Å². The van der Waals surface area contributed by atoms with Crippen LogP contribution in [-0.2, 0) is 9.47 Å². The number of fused-ring (bicyclic) bond motifs is 5. The second-order valence-electron chi connectivity index (χ2n) is 9.20. The zero-order valence-electron chi connectivity index (χ0n) is 19.0. The maximum atomic E-state index is 13.3. The Labute approximate surface area is 200 Å². The predicted molar refractivity (Wildman–Crippen MR) is 134 cm³/mol. The van der Waals surface area contributed by atoms with Gasteiger partial charge in [0.1, 0.15) is 6.61 Å². The lowest BCUT2D eigenvalue weighted by molar-refractivity contribution is -0.0331. The van der Waals surface area contributed by atoms with Crippen molar-refractivity contribution in [1.82, 2.24) is 4.90 Å². The zero-order chi connectivity index (χ0) is 23.1. The van der Waals surface area contributed by atoms with Crippen LogP contribution in [-0.4, -0.2) is 42.9 Å². The van der Waals surface area contributed by atoms with E-state index in [9.17, 15) is 4.79 Å². The van der Waals surface area contributed by atoms with Crippen LogP contribution in [0.15, 0.2) is 85.5 Å². The summed E-state index contributed by atoms with van der Waals surface area (Å²) in [6, 6.07) is 25.0. The van der Waals surface area contributed by atoms with E-state index in [2.05, 4.69) is 79.4 Å². The number of morpholine rings is 1. The topological polar surface area (TPSA) is 38.8 Å². The van der Waals surface area contributed by atoms with Crippen molar-refractivity contribution in [3.8, 4) is 11.1 Å². The maximum absolute atomic E-state index is 13.3. The van der Waals surface area contributed by atoms with Crippen LogP contribution in [0, 0.1) is 0 Å². The van der Waals surface area contributed by atoms with Crippen LogP contribution in [0.1, 0.15) is 34.6 Å². The molecule has 1 saturated heterocycles. The third-order valence-corrected chi connectivity index (χ3v) is 7.24. The van der Waals surface area contributed by atoms with E-state index < -0.39 is 0 Å². The third kappa shape index (κ3) is 3.55. The van der Waals surface area contributed by atoms with Gasteiger partial charge in [0.2, 0.25) is 0 Å². The lowest BCUT2D eigenvalue weighted by Gasteiger charge is -2.44. The summed E-state index contributed by atoms with van der Waals surface area (Å²) in [7, 11) is 0. The Morgan fingerprint density at radius 3 is 2.44 bits per heavy atom. The normalized spacial score (nSPS) is 20.8. The van der Waals surface area contributed by atoms with E-state index in [1.54, 1.807) is 0 Å². The molecule has 6 rings (SSSR count). The van der Waals surface area contributed by atoms with Gasteiger partial charge in [-0.05, 0) is 51.4 Å². The SMILES string of the molecule is C=Cc1cccc(C2=CC3COCC(C2)N3C(=O)OCC2c3ccccc3-c3ccccc32)c1. The summed E-state index contributed by atoms with van der Waals surface area (Å²) in [4.78, 5) is 15.2. The van der Waals surface area contributed by atoms with Gasteiger partial charge in [-0.2, -0.15) is 0 Å². The van der Waals surface area contributed by atoms with Crippen LogP contribution < -0.4 is 0 Å². The van der Waals surface area contributed by atoms with Gasteiger partial charge in [0, 0.05) is 5.92 Å². The number of nitrogens with zero attached hydrogens (tertiary/aromatic N) is 1. The number of ether oxygens (including phenoxy) is 2. The number of carbonyl (C=O) groups excluding carboxylic acids is 1. The van der Waals surface area contributed by atoms with Gasteiger partial charge in [0.15, 0.2) is 0 Å². The minimum Gasteiger partial charge on any atom is -0.448 e. The largest absolute Gasteiger partial charge is 0.448 e. The molecule has 3 aliphatic rings. The lowest BCUT2D eigenvalue weighted by Crippen LogP contribution is -2.56. The van der Waals surface area contributed by atoms with Crippen molar-refractivity contribution in [2.75, 3.05) is 19.8 Å². The van der Waals surface area contributed by atoms with Crippen molar-refractivity contribution in [1.29, 1.82) is 0 Å².